The number of hydrogen-bond donors (Lipinski definition) is 4. The molecule has 0 radical (unpaired) electrons. The van der Waals surface area contributed by atoms with E-state index in [0.717, 1.165) is 0 Å². The zero-order chi connectivity index (χ0) is 25.2. The Balaban J connectivity index is 0.000000798. The molecule has 0 aromatic heterocycles. The van der Waals surface area contributed by atoms with Crippen molar-refractivity contribution in [1.82, 2.24) is 0 Å². The normalized spacial score (nSPS) is 43.7. The smallest absolute Gasteiger partial charge is 0.790 e. The second-order valence-electron chi connectivity index (χ2n) is 10.2. The Morgan fingerprint density at radius 2 is 1.80 bits per heavy atom. The summed E-state index contributed by atoms with van der Waals surface area (Å²) < 4.78 is 25.5. The van der Waals surface area contributed by atoms with Crippen LogP contribution in [0.1, 0.15) is 46.5 Å². The van der Waals surface area contributed by atoms with Crippen LogP contribution in [0.5, 0.6) is 0 Å². The fourth-order valence-corrected chi connectivity index (χ4v) is 7.26. The molecule has 4 aliphatic rings. The van der Waals surface area contributed by atoms with Crippen molar-refractivity contribution in [2.75, 3.05) is 6.61 Å². The molecule has 0 aliphatic heterocycles. The molecule has 0 bridgehead atoms. The van der Waals surface area contributed by atoms with Crippen LogP contribution in [0.3, 0.4) is 0 Å². The summed E-state index contributed by atoms with van der Waals surface area (Å²) in [6, 6.07) is 0. The fourth-order valence-electron chi connectivity index (χ4n) is 7.26. The molecule has 4 aliphatic carbocycles. The molecule has 0 saturated heterocycles. The molecule has 35 heavy (non-hydrogen) atoms. The number of Topliss-reactive ketones (excluding diaryl/α,β-unsaturated/α-hetero) is 1. The summed E-state index contributed by atoms with van der Waals surface area (Å²) in [5.74, 6) is -2.12. The van der Waals surface area contributed by atoms with E-state index in [1.807, 2.05) is 0 Å². The minimum atomic E-state index is -5.14. The number of phosphoric acid groups is 1. The van der Waals surface area contributed by atoms with Crippen LogP contribution in [0.15, 0.2) is 23.8 Å². The molecule has 3 fully saturated rings. The van der Waals surface area contributed by atoms with Crippen LogP contribution < -0.4 is 68.9 Å². The Kier molecular flexibility index (Phi) is 10.7. The van der Waals surface area contributed by atoms with E-state index in [0.29, 0.717) is 24.8 Å². The number of alkyl halides is 1. The molecule has 8 atom stereocenters. The molecule has 0 amide bonds. The van der Waals surface area contributed by atoms with Gasteiger partial charge in [0.2, 0.25) is 0 Å². The molecule has 0 spiro atoms. The van der Waals surface area contributed by atoms with Crippen LogP contribution in [0.25, 0.3) is 0 Å². The summed E-state index contributed by atoms with van der Waals surface area (Å²) in [7, 11) is -5.14. The maximum Gasteiger partial charge on any atom is 1.00 e. The van der Waals surface area contributed by atoms with Gasteiger partial charge in [0.05, 0.1) is 13.9 Å². The topological polar surface area (TPSA) is 178 Å². The van der Waals surface area contributed by atoms with Crippen molar-refractivity contribution >= 4 is 19.4 Å². The number of aliphatic hydroxyl groups is 3. The SMILES string of the molecule is C[C@@H]1C[C@H]2[C@@H]3CCC4=CC(=O)C=C[C@]4(C)[C@@]3(F)[C@@H](O)C[C@]2(C)[C@@]1(O)C(=O)CO.O=P([O-])([O-])O.[Na+].[Na+]. The third-order valence-electron chi connectivity index (χ3n) is 8.79. The first-order chi connectivity index (χ1) is 15.0. The molecule has 0 aromatic carbocycles. The zero-order valence-electron chi connectivity index (χ0n) is 20.7. The number of ketones is 2. The van der Waals surface area contributed by atoms with E-state index in [1.165, 1.54) is 12.2 Å². The summed E-state index contributed by atoms with van der Waals surface area (Å²) in [6.45, 7) is 4.48. The summed E-state index contributed by atoms with van der Waals surface area (Å²) in [5.41, 5.74) is -5.17. The van der Waals surface area contributed by atoms with Crippen molar-refractivity contribution in [1.29, 1.82) is 0 Å². The van der Waals surface area contributed by atoms with Crippen molar-refractivity contribution in [3.63, 3.8) is 0 Å². The molecular weight excluding hydrogens is 504 g/mol. The van der Waals surface area contributed by atoms with E-state index in [4.69, 9.17) is 19.2 Å². The van der Waals surface area contributed by atoms with Crippen LogP contribution in [-0.2, 0) is 14.2 Å². The molecule has 13 heteroatoms. The first-order valence-electron chi connectivity index (χ1n) is 10.9. The van der Waals surface area contributed by atoms with Crippen molar-refractivity contribution < 1.29 is 108 Å². The van der Waals surface area contributed by atoms with Gasteiger partial charge in [-0.05, 0) is 56.6 Å². The Morgan fingerprint density at radius 3 is 2.31 bits per heavy atom. The average molecular weight is 534 g/mol. The van der Waals surface area contributed by atoms with Crippen LogP contribution in [0.2, 0.25) is 0 Å². The average Bonchev–Trinajstić information content (AvgIpc) is 2.89. The standard InChI is InChI=1S/C22H29FO5.2Na.H3O4P/c1-12-8-16-15-5-4-13-9-14(25)6-7-19(13,2)21(15,23)17(26)10-20(16,3)22(12,28)18(27)11-24;;;1-5(2,3)4/h6-7,9,12,15-17,24,26,28H,4-5,8,10-11H2,1-3H3;;;(H3,1,2,3,4)/q;2*+1;/p-2/t12-,15+,16+,17+,19+,20+,21+,22+;;;/m1.../s1. The van der Waals surface area contributed by atoms with Gasteiger partial charge in [0.1, 0.15) is 12.2 Å². The van der Waals surface area contributed by atoms with E-state index < -0.39 is 60.3 Å². The minimum Gasteiger partial charge on any atom is -0.790 e. The van der Waals surface area contributed by atoms with Gasteiger partial charge in [-0.25, -0.2) is 4.39 Å². The van der Waals surface area contributed by atoms with E-state index >= 15 is 4.39 Å². The number of aliphatic hydroxyl groups excluding tert-OH is 2. The predicted octanol–water partition coefficient (Wildman–Crippen LogP) is -6.29. The van der Waals surface area contributed by atoms with Crippen LogP contribution in [0.4, 0.5) is 4.39 Å². The third-order valence-corrected chi connectivity index (χ3v) is 8.79. The molecule has 9 nitrogen and oxygen atoms in total. The van der Waals surface area contributed by atoms with Crippen LogP contribution in [-0.4, -0.2) is 55.8 Å². The van der Waals surface area contributed by atoms with E-state index in [2.05, 4.69) is 0 Å². The van der Waals surface area contributed by atoms with Gasteiger partial charge in [-0.2, -0.15) is 0 Å². The number of carbonyl (C=O) groups is 2. The zero-order valence-corrected chi connectivity index (χ0v) is 25.6. The Morgan fingerprint density at radius 1 is 1.26 bits per heavy atom. The molecule has 4 N–H and O–H groups in total. The van der Waals surface area contributed by atoms with Crippen LogP contribution >= 0.6 is 7.82 Å². The van der Waals surface area contributed by atoms with Crippen molar-refractivity contribution in [3.8, 4) is 0 Å². The molecule has 0 heterocycles. The van der Waals surface area contributed by atoms with Gasteiger partial charge in [0.25, 0.3) is 0 Å². The monoisotopic (exact) mass is 534 g/mol. The Hall–Kier alpha value is 0.740. The molecule has 4 rings (SSSR count). The fraction of sp³-hybridized carbons (Fsp3) is 0.727. The van der Waals surface area contributed by atoms with E-state index in [1.54, 1.807) is 26.8 Å². The summed E-state index contributed by atoms with van der Waals surface area (Å²) >= 11 is 0. The second kappa shape index (κ2) is 11.1. The van der Waals surface area contributed by atoms with Gasteiger partial charge in [-0.1, -0.05) is 25.5 Å². The third kappa shape index (κ3) is 5.19. The molecular formula is C22H30FNa2O9P. The van der Waals surface area contributed by atoms with E-state index in [-0.39, 0.29) is 77.2 Å². The number of fused-ring (bicyclic) bond motifs is 5. The van der Waals surface area contributed by atoms with Crippen molar-refractivity contribution in [3.05, 3.63) is 23.8 Å². The largest absolute Gasteiger partial charge is 1.00 e. The maximum atomic E-state index is 16.9. The van der Waals surface area contributed by atoms with Gasteiger partial charge in [-0.15, -0.1) is 0 Å². The first kappa shape index (κ1) is 33.8. The van der Waals surface area contributed by atoms with Gasteiger partial charge in [0.15, 0.2) is 17.2 Å². The van der Waals surface area contributed by atoms with Crippen molar-refractivity contribution in [2.45, 2.75) is 63.8 Å². The van der Waals surface area contributed by atoms with E-state index in [9.17, 15) is 24.9 Å². The Labute approximate surface area is 248 Å². The second-order valence-corrected chi connectivity index (χ2v) is 11.2. The van der Waals surface area contributed by atoms with Crippen LogP contribution in [0, 0.1) is 28.6 Å². The maximum absolute atomic E-state index is 16.9. The number of carbonyl (C=O) groups excluding carboxylic acids is 2. The summed E-state index contributed by atoms with van der Waals surface area (Å²) in [4.78, 5) is 48.7. The van der Waals surface area contributed by atoms with Gasteiger partial charge in [-0.3, -0.25) is 9.59 Å². The Bertz CT molecular complexity index is 962. The summed E-state index contributed by atoms with van der Waals surface area (Å²) in [6.07, 6.45) is 4.44. The molecule has 186 valence electrons. The van der Waals surface area contributed by atoms with Crippen molar-refractivity contribution in [2.24, 2.45) is 28.6 Å². The van der Waals surface area contributed by atoms with Gasteiger partial charge in [0, 0.05) is 16.7 Å². The molecule has 3 saturated carbocycles. The number of allylic oxidation sites excluding steroid dienone is 4. The predicted molar refractivity (Wildman–Crippen MR) is 110 cm³/mol. The quantitative estimate of drug-likeness (QED) is 0.198. The number of hydrogen-bond acceptors (Lipinski definition) is 8. The molecule has 0 aromatic rings. The van der Waals surface area contributed by atoms with Gasteiger partial charge >= 0.3 is 59.1 Å². The minimum absolute atomic E-state index is 0. The first-order valence-corrected chi connectivity index (χ1v) is 12.4. The van der Waals surface area contributed by atoms with Gasteiger partial charge < -0.3 is 34.6 Å². The number of halogens is 1. The molecule has 0 unspecified atom stereocenters. The summed E-state index contributed by atoms with van der Waals surface area (Å²) in [5, 5.41) is 32.0. The number of rotatable bonds is 2.